The van der Waals surface area contributed by atoms with Gasteiger partial charge in [0.1, 0.15) is 0 Å². The van der Waals surface area contributed by atoms with E-state index in [0.717, 1.165) is 18.1 Å². The first kappa shape index (κ1) is 14.2. The molecule has 1 saturated carbocycles. The van der Waals surface area contributed by atoms with Crippen molar-refractivity contribution in [2.75, 3.05) is 13.1 Å². The van der Waals surface area contributed by atoms with Gasteiger partial charge in [0.05, 0.1) is 0 Å². The molecule has 3 heteroatoms. The molecule has 1 aromatic rings. The number of hydrogen-bond acceptors (Lipinski definition) is 1. The molecule has 2 unspecified atom stereocenters. The topological polar surface area (TPSA) is 12.0 Å². The van der Waals surface area contributed by atoms with E-state index in [2.05, 4.69) is 32.2 Å². The standard InChI is InChI=1S/C15H21Cl2N/c1-10(2)8-18-9-11-7-15(11,3)13-5-4-12(16)6-14(13)17/h4-6,10-11,18H,7-9H2,1-3H3. The largest absolute Gasteiger partial charge is 0.316 e. The number of halogens is 2. The maximum Gasteiger partial charge on any atom is 0.0458 e. The second kappa shape index (κ2) is 5.40. The molecule has 100 valence electrons. The Morgan fingerprint density at radius 1 is 1.39 bits per heavy atom. The fraction of sp³-hybridized carbons (Fsp3) is 0.600. The monoisotopic (exact) mass is 285 g/mol. The van der Waals surface area contributed by atoms with E-state index in [1.807, 2.05) is 12.1 Å². The van der Waals surface area contributed by atoms with Crippen molar-refractivity contribution in [1.29, 1.82) is 0 Å². The van der Waals surface area contributed by atoms with Gasteiger partial charge in [0, 0.05) is 10.0 Å². The van der Waals surface area contributed by atoms with Gasteiger partial charge in [0.15, 0.2) is 0 Å². The Morgan fingerprint density at radius 2 is 2.11 bits per heavy atom. The Morgan fingerprint density at radius 3 is 2.72 bits per heavy atom. The molecular formula is C15H21Cl2N. The maximum absolute atomic E-state index is 6.30. The van der Waals surface area contributed by atoms with Gasteiger partial charge in [-0.3, -0.25) is 0 Å². The molecule has 0 bridgehead atoms. The summed E-state index contributed by atoms with van der Waals surface area (Å²) in [6, 6.07) is 5.86. The Labute approximate surface area is 120 Å². The van der Waals surface area contributed by atoms with E-state index in [1.165, 1.54) is 12.0 Å². The second-order valence-corrected chi connectivity index (χ2v) is 6.84. The summed E-state index contributed by atoms with van der Waals surface area (Å²) in [6.07, 6.45) is 1.21. The van der Waals surface area contributed by atoms with Gasteiger partial charge in [-0.05, 0) is 54.5 Å². The maximum atomic E-state index is 6.30. The van der Waals surface area contributed by atoms with Crippen molar-refractivity contribution in [3.05, 3.63) is 33.8 Å². The third-order valence-corrected chi connectivity index (χ3v) is 4.45. The molecule has 18 heavy (non-hydrogen) atoms. The number of rotatable bonds is 5. The van der Waals surface area contributed by atoms with Crippen molar-refractivity contribution < 1.29 is 0 Å². The van der Waals surface area contributed by atoms with Gasteiger partial charge < -0.3 is 5.32 Å². The van der Waals surface area contributed by atoms with E-state index in [4.69, 9.17) is 23.2 Å². The van der Waals surface area contributed by atoms with Crippen LogP contribution in [0.15, 0.2) is 18.2 Å². The molecule has 0 radical (unpaired) electrons. The first-order valence-electron chi connectivity index (χ1n) is 6.59. The lowest BCUT2D eigenvalue weighted by Gasteiger charge is -2.15. The molecule has 0 amide bonds. The van der Waals surface area contributed by atoms with E-state index >= 15 is 0 Å². The third-order valence-electron chi connectivity index (χ3n) is 3.90. The molecule has 0 saturated heterocycles. The van der Waals surface area contributed by atoms with Crippen LogP contribution in [0.2, 0.25) is 10.0 Å². The summed E-state index contributed by atoms with van der Waals surface area (Å²) in [5.74, 6) is 1.39. The van der Waals surface area contributed by atoms with Gasteiger partial charge in [-0.25, -0.2) is 0 Å². The quantitative estimate of drug-likeness (QED) is 0.839. The van der Waals surface area contributed by atoms with Crippen LogP contribution in [0.1, 0.15) is 32.8 Å². The highest BCUT2D eigenvalue weighted by molar-refractivity contribution is 6.35. The minimum absolute atomic E-state index is 0.228. The van der Waals surface area contributed by atoms with Crippen LogP contribution < -0.4 is 5.32 Å². The molecule has 0 heterocycles. The van der Waals surface area contributed by atoms with Gasteiger partial charge in [0.2, 0.25) is 0 Å². The lowest BCUT2D eigenvalue weighted by Crippen LogP contribution is -2.24. The molecule has 1 nitrogen and oxygen atoms in total. The number of nitrogens with one attached hydrogen (secondary N) is 1. The summed E-state index contributed by atoms with van der Waals surface area (Å²) in [4.78, 5) is 0. The molecule has 1 aromatic carbocycles. The minimum atomic E-state index is 0.228. The molecular weight excluding hydrogens is 265 g/mol. The highest BCUT2D eigenvalue weighted by atomic mass is 35.5. The van der Waals surface area contributed by atoms with Gasteiger partial charge in [0.25, 0.3) is 0 Å². The van der Waals surface area contributed by atoms with Crippen LogP contribution in [-0.4, -0.2) is 13.1 Å². The molecule has 0 aromatic heterocycles. The molecule has 1 N–H and O–H groups in total. The zero-order chi connectivity index (χ0) is 13.3. The Bertz CT molecular complexity index is 431. The molecule has 2 atom stereocenters. The zero-order valence-electron chi connectivity index (χ0n) is 11.3. The summed E-state index contributed by atoms with van der Waals surface area (Å²) in [5.41, 5.74) is 1.47. The molecule has 1 aliphatic carbocycles. The lowest BCUT2D eigenvalue weighted by atomic mass is 9.95. The second-order valence-electron chi connectivity index (χ2n) is 5.99. The van der Waals surface area contributed by atoms with Crippen LogP contribution in [0, 0.1) is 11.8 Å². The van der Waals surface area contributed by atoms with E-state index in [9.17, 15) is 0 Å². The Hall–Kier alpha value is -0.240. The van der Waals surface area contributed by atoms with Crippen LogP contribution >= 0.6 is 23.2 Å². The summed E-state index contributed by atoms with van der Waals surface area (Å²) in [6.45, 7) is 8.92. The van der Waals surface area contributed by atoms with Crippen LogP contribution in [0.3, 0.4) is 0 Å². The fourth-order valence-corrected chi connectivity index (χ4v) is 3.20. The Balaban J connectivity index is 1.98. The minimum Gasteiger partial charge on any atom is -0.316 e. The summed E-state index contributed by atoms with van der Waals surface area (Å²) < 4.78 is 0. The molecule has 1 fully saturated rings. The predicted molar refractivity (Wildman–Crippen MR) is 79.6 cm³/mol. The van der Waals surface area contributed by atoms with Crippen molar-refractivity contribution >= 4 is 23.2 Å². The van der Waals surface area contributed by atoms with Crippen LogP contribution in [-0.2, 0) is 5.41 Å². The van der Waals surface area contributed by atoms with Crippen LogP contribution in [0.5, 0.6) is 0 Å². The number of hydrogen-bond donors (Lipinski definition) is 1. The average Bonchev–Trinajstić information content (AvgIpc) is 2.89. The number of benzene rings is 1. The normalized spacial score (nSPS) is 26.7. The highest BCUT2D eigenvalue weighted by Crippen LogP contribution is 2.55. The van der Waals surface area contributed by atoms with Gasteiger partial charge in [-0.1, -0.05) is 50.0 Å². The van der Waals surface area contributed by atoms with E-state index in [1.54, 1.807) is 0 Å². The zero-order valence-corrected chi connectivity index (χ0v) is 12.8. The van der Waals surface area contributed by atoms with Gasteiger partial charge in [-0.15, -0.1) is 0 Å². The average molecular weight is 286 g/mol. The summed E-state index contributed by atoms with van der Waals surface area (Å²) >= 11 is 12.2. The van der Waals surface area contributed by atoms with Gasteiger partial charge in [-0.2, -0.15) is 0 Å². The third kappa shape index (κ3) is 3.01. The van der Waals surface area contributed by atoms with E-state index < -0.39 is 0 Å². The SMILES string of the molecule is CC(C)CNCC1CC1(C)c1ccc(Cl)cc1Cl. The van der Waals surface area contributed by atoms with Gasteiger partial charge >= 0.3 is 0 Å². The summed E-state index contributed by atoms with van der Waals surface area (Å²) in [5, 5.41) is 5.05. The van der Waals surface area contributed by atoms with E-state index in [0.29, 0.717) is 16.9 Å². The molecule has 0 aliphatic heterocycles. The predicted octanol–water partition coefficient (Wildman–Crippen LogP) is 4.52. The van der Waals surface area contributed by atoms with Crippen molar-refractivity contribution in [3.8, 4) is 0 Å². The van der Waals surface area contributed by atoms with Crippen LogP contribution in [0.25, 0.3) is 0 Å². The molecule has 0 spiro atoms. The lowest BCUT2D eigenvalue weighted by molar-refractivity contribution is 0.515. The van der Waals surface area contributed by atoms with E-state index in [-0.39, 0.29) is 5.41 Å². The van der Waals surface area contributed by atoms with Crippen molar-refractivity contribution in [3.63, 3.8) is 0 Å². The molecule has 1 aliphatic rings. The smallest absolute Gasteiger partial charge is 0.0458 e. The summed E-state index contributed by atoms with van der Waals surface area (Å²) in [7, 11) is 0. The first-order chi connectivity index (χ1) is 8.43. The van der Waals surface area contributed by atoms with Crippen molar-refractivity contribution in [2.24, 2.45) is 11.8 Å². The fourth-order valence-electron chi connectivity index (χ4n) is 2.58. The molecule has 2 rings (SSSR count). The Kier molecular flexibility index (Phi) is 4.25. The highest BCUT2D eigenvalue weighted by Gasteiger charge is 2.51. The first-order valence-corrected chi connectivity index (χ1v) is 7.35. The van der Waals surface area contributed by atoms with Crippen molar-refractivity contribution in [1.82, 2.24) is 5.32 Å². The van der Waals surface area contributed by atoms with Crippen LogP contribution in [0.4, 0.5) is 0 Å². The van der Waals surface area contributed by atoms with Crippen molar-refractivity contribution in [2.45, 2.75) is 32.6 Å².